The van der Waals surface area contributed by atoms with E-state index in [-0.39, 0.29) is 23.5 Å². The van der Waals surface area contributed by atoms with Crippen LogP contribution in [0.4, 0.5) is 14.9 Å². The number of methoxy groups -OCH3 is 2. The van der Waals surface area contributed by atoms with E-state index in [1.165, 1.54) is 12.1 Å². The molecule has 2 aromatic carbocycles. The van der Waals surface area contributed by atoms with Crippen LogP contribution in [0.25, 0.3) is 6.08 Å². The van der Waals surface area contributed by atoms with Gasteiger partial charge in [-0.3, -0.25) is 14.5 Å². The number of nitrogens with zero attached hydrogens (tertiary/aromatic N) is 2. The van der Waals surface area contributed by atoms with Gasteiger partial charge >= 0.3 is 0 Å². The Morgan fingerprint density at radius 3 is 2.35 bits per heavy atom. The van der Waals surface area contributed by atoms with E-state index in [2.05, 4.69) is 4.90 Å². The Bertz CT molecular complexity index is 1030. The summed E-state index contributed by atoms with van der Waals surface area (Å²) in [4.78, 5) is 29.1. The first-order valence-electron chi connectivity index (χ1n) is 10.0. The van der Waals surface area contributed by atoms with Crippen molar-refractivity contribution in [3.8, 4) is 11.5 Å². The third-order valence-corrected chi connectivity index (χ3v) is 6.30. The van der Waals surface area contributed by atoms with Crippen LogP contribution in [0.15, 0.2) is 41.3 Å². The molecule has 2 amide bonds. The molecule has 0 N–H and O–H groups in total. The maximum absolute atomic E-state index is 13.1. The van der Waals surface area contributed by atoms with Gasteiger partial charge in [0.1, 0.15) is 17.3 Å². The van der Waals surface area contributed by atoms with Gasteiger partial charge in [0.25, 0.3) is 11.1 Å². The van der Waals surface area contributed by atoms with E-state index in [4.69, 9.17) is 9.47 Å². The van der Waals surface area contributed by atoms with Crippen molar-refractivity contribution in [1.82, 2.24) is 4.90 Å². The Morgan fingerprint density at radius 1 is 1.03 bits per heavy atom. The lowest BCUT2D eigenvalue weighted by Gasteiger charge is -2.22. The van der Waals surface area contributed by atoms with Crippen LogP contribution in [-0.2, 0) is 11.3 Å². The van der Waals surface area contributed by atoms with Gasteiger partial charge in [0.15, 0.2) is 0 Å². The van der Waals surface area contributed by atoms with Gasteiger partial charge in [-0.05, 0) is 54.4 Å². The van der Waals surface area contributed by atoms with Crippen LogP contribution in [0, 0.1) is 5.82 Å². The molecule has 0 unspecified atom stereocenters. The topological polar surface area (TPSA) is 59.1 Å². The Morgan fingerprint density at radius 2 is 1.71 bits per heavy atom. The molecule has 6 nitrogen and oxygen atoms in total. The van der Waals surface area contributed by atoms with Gasteiger partial charge in [0, 0.05) is 24.7 Å². The van der Waals surface area contributed by atoms with Gasteiger partial charge in [-0.1, -0.05) is 12.1 Å². The monoisotopic (exact) mass is 442 g/mol. The molecule has 2 aromatic rings. The second-order valence-corrected chi connectivity index (χ2v) is 8.35. The number of benzene rings is 2. The molecule has 0 spiro atoms. The van der Waals surface area contributed by atoms with Crippen LogP contribution >= 0.6 is 11.8 Å². The van der Waals surface area contributed by atoms with Gasteiger partial charge in [-0.25, -0.2) is 4.39 Å². The predicted octanol–water partition coefficient (Wildman–Crippen LogP) is 4.68. The van der Waals surface area contributed by atoms with Crippen molar-refractivity contribution < 1.29 is 23.5 Å². The van der Waals surface area contributed by atoms with Gasteiger partial charge < -0.3 is 14.4 Å². The van der Waals surface area contributed by atoms with Gasteiger partial charge in [-0.2, -0.15) is 0 Å². The SMILES string of the molecule is COc1cc(N2CCCC2)c(OC)cc1/C=C1\SC(=O)N(Cc2ccc(F)cc2)C1=O. The molecule has 2 aliphatic rings. The van der Waals surface area contributed by atoms with E-state index in [0.29, 0.717) is 27.5 Å². The van der Waals surface area contributed by atoms with E-state index in [0.717, 1.165) is 48.3 Å². The third-order valence-electron chi connectivity index (χ3n) is 5.39. The highest BCUT2D eigenvalue weighted by Crippen LogP contribution is 2.40. The molecule has 4 rings (SSSR count). The van der Waals surface area contributed by atoms with Gasteiger partial charge in [-0.15, -0.1) is 0 Å². The standard InChI is InChI=1S/C23H23FN2O4S/c1-29-19-13-18(25-9-3-4-10-25)20(30-2)11-16(19)12-21-22(27)26(23(28)31-21)14-15-5-7-17(24)8-6-15/h5-8,11-13H,3-4,9-10,14H2,1-2H3/b21-12-. The van der Waals surface area contributed by atoms with E-state index in [1.54, 1.807) is 32.4 Å². The van der Waals surface area contributed by atoms with Gasteiger partial charge in [0.2, 0.25) is 0 Å². The molecule has 0 aromatic heterocycles. The zero-order valence-electron chi connectivity index (χ0n) is 17.4. The molecule has 8 heteroatoms. The average Bonchev–Trinajstić information content (AvgIpc) is 3.39. The van der Waals surface area contributed by atoms with Crippen LogP contribution in [0.3, 0.4) is 0 Å². The number of imide groups is 1. The summed E-state index contributed by atoms with van der Waals surface area (Å²) in [6.07, 6.45) is 3.92. The number of anilines is 1. The van der Waals surface area contributed by atoms with Crippen LogP contribution in [0.2, 0.25) is 0 Å². The smallest absolute Gasteiger partial charge is 0.293 e. The lowest BCUT2D eigenvalue weighted by molar-refractivity contribution is -0.123. The quantitative estimate of drug-likeness (QED) is 0.606. The van der Waals surface area contributed by atoms with Crippen molar-refractivity contribution in [3.63, 3.8) is 0 Å². The Labute approximate surface area is 184 Å². The Kier molecular flexibility index (Phi) is 6.18. The average molecular weight is 443 g/mol. The fourth-order valence-corrected chi connectivity index (χ4v) is 4.60. The number of thioether (sulfide) groups is 1. The summed E-state index contributed by atoms with van der Waals surface area (Å²) < 4.78 is 24.3. The van der Waals surface area contributed by atoms with Gasteiger partial charge in [0.05, 0.1) is 31.4 Å². The van der Waals surface area contributed by atoms with E-state index in [9.17, 15) is 14.0 Å². The highest BCUT2D eigenvalue weighted by Gasteiger charge is 2.35. The minimum atomic E-state index is -0.385. The molecule has 0 bridgehead atoms. The molecule has 162 valence electrons. The largest absolute Gasteiger partial charge is 0.496 e. The summed E-state index contributed by atoms with van der Waals surface area (Å²) in [6.45, 7) is 2.01. The summed E-state index contributed by atoms with van der Waals surface area (Å²) >= 11 is 0.879. The fourth-order valence-electron chi connectivity index (χ4n) is 3.77. The van der Waals surface area contributed by atoms with Crippen molar-refractivity contribution in [1.29, 1.82) is 0 Å². The van der Waals surface area contributed by atoms with Crippen LogP contribution in [0.5, 0.6) is 11.5 Å². The minimum absolute atomic E-state index is 0.0939. The molecule has 2 heterocycles. The molecule has 0 atom stereocenters. The molecule has 0 radical (unpaired) electrons. The second kappa shape index (κ2) is 9.01. The van der Waals surface area contributed by atoms with Crippen LogP contribution in [-0.4, -0.2) is 43.4 Å². The zero-order valence-corrected chi connectivity index (χ0v) is 18.2. The minimum Gasteiger partial charge on any atom is -0.496 e. The predicted molar refractivity (Wildman–Crippen MR) is 119 cm³/mol. The highest BCUT2D eigenvalue weighted by atomic mass is 32.2. The number of amides is 2. The molecule has 31 heavy (non-hydrogen) atoms. The number of halogens is 1. The maximum atomic E-state index is 13.1. The number of carbonyl (C=O) groups excluding carboxylic acids is 2. The summed E-state index contributed by atoms with van der Waals surface area (Å²) in [6, 6.07) is 9.49. The number of hydrogen-bond donors (Lipinski definition) is 0. The molecule has 2 fully saturated rings. The molecule has 2 saturated heterocycles. The summed E-state index contributed by atoms with van der Waals surface area (Å²) in [5, 5.41) is -0.361. The first-order chi connectivity index (χ1) is 15.0. The van der Waals surface area contributed by atoms with E-state index in [1.807, 2.05) is 12.1 Å². The van der Waals surface area contributed by atoms with E-state index >= 15 is 0 Å². The van der Waals surface area contributed by atoms with Crippen molar-refractivity contribution in [2.45, 2.75) is 19.4 Å². The van der Waals surface area contributed by atoms with Crippen LogP contribution < -0.4 is 14.4 Å². The first-order valence-corrected chi connectivity index (χ1v) is 10.8. The lowest BCUT2D eigenvalue weighted by Crippen LogP contribution is -2.27. The van der Waals surface area contributed by atoms with E-state index < -0.39 is 0 Å². The second-order valence-electron chi connectivity index (χ2n) is 7.35. The van der Waals surface area contributed by atoms with Crippen molar-refractivity contribution in [2.75, 3.05) is 32.2 Å². The molecular weight excluding hydrogens is 419 g/mol. The first kappa shape index (κ1) is 21.2. The number of ether oxygens (including phenoxy) is 2. The molecule has 0 saturated carbocycles. The normalized spacial score (nSPS) is 17.7. The number of rotatable bonds is 6. The zero-order chi connectivity index (χ0) is 22.0. The van der Waals surface area contributed by atoms with Crippen LogP contribution in [0.1, 0.15) is 24.0 Å². The molecular formula is C23H23FN2O4S. The number of carbonyl (C=O) groups is 2. The fraction of sp³-hybridized carbons (Fsp3) is 0.304. The summed E-state index contributed by atoms with van der Waals surface area (Å²) in [5.74, 6) is 0.549. The van der Waals surface area contributed by atoms with Crippen molar-refractivity contribution in [2.24, 2.45) is 0 Å². The Hall–Kier alpha value is -3.00. The summed E-state index contributed by atoms with van der Waals surface area (Å²) in [7, 11) is 3.19. The maximum Gasteiger partial charge on any atom is 0.293 e. The van der Waals surface area contributed by atoms with Crippen molar-refractivity contribution in [3.05, 3.63) is 58.2 Å². The number of hydrogen-bond acceptors (Lipinski definition) is 6. The Balaban J connectivity index is 1.62. The third kappa shape index (κ3) is 4.39. The lowest BCUT2D eigenvalue weighted by atomic mass is 10.1. The molecule has 2 aliphatic heterocycles. The molecule has 0 aliphatic carbocycles. The van der Waals surface area contributed by atoms with Crippen molar-refractivity contribution >= 4 is 34.7 Å². The summed E-state index contributed by atoms with van der Waals surface area (Å²) in [5.41, 5.74) is 2.30. The highest BCUT2D eigenvalue weighted by molar-refractivity contribution is 8.18.